The van der Waals surface area contributed by atoms with Crippen LogP contribution in [-0.2, 0) is 10.9 Å². The van der Waals surface area contributed by atoms with Gasteiger partial charge in [-0.1, -0.05) is 13.8 Å². The van der Waals surface area contributed by atoms with Crippen molar-refractivity contribution in [1.82, 2.24) is 0 Å². The van der Waals surface area contributed by atoms with Crippen molar-refractivity contribution in [3.63, 3.8) is 0 Å². The van der Waals surface area contributed by atoms with Gasteiger partial charge in [-0.15, -0.1) is 0 Å². The van der Waals surface area contributed by atoms with E-state index < -0.39 is 17.7 Å². The fourth-order valence-corrected chi connectivity index (χ4v) is 2.02. The van der Waals surface area contributed by atoms with Gasteiger partial charge in [-0.25, -0.2) is 4.79 Å². The Kier molecular flexibility index (Phi) is 3.98. The average molecular weight is 300 g/mol. The topological polar surface area (TPSA) is 39.4 Å². The van der Waals surface area contributed by atoms with E-state index in [2.05, 4.69) is 0 Å². The van der Waals surface area contributed by atoms with Crippen LogP contribution in [0.4, 0.5) is 13.2 Å². The predicted molar refractivity (Wildman–Crippen MR) is 71.3 cm³/mol. The molecule has 0 unspecified atom stereocenters. The van der Waals surface area contributed by atoms with E-state index >= 15 is 0 Å². The second-order valence-electron chi connectivity index (χ2n) is 4.97. The highest BCUT2D eigenvalue weighted by Crippen LogP contribution is 2.38. The Bertz CT molecular complexity index is 669. The Hall–Kier alpha value is -1.98. The molecule has 0 spiro atoms. The molecular weight excluding hydrogens is 285 g/mol. The van der Waals surface area contributed by atoms with Crippen LogP contribution in [-0.4, -0.2) is 12.6 Å². The molecule has 2 aromatic rings. The summed E-state index contributed by atoms with van der Waals surface area (Å²) in [7, 11) is 0. The van der Waals surface area contributed by atoms with Crippen LogP contribution in [0.1, 0.15) is 48.4 Å². The summed E-state index contributed by atoms with van der Waals surface area (Å²) in [5.41, 5.74) is -0.680. The summed E-state index contributed by atoms with van der Waals surface area (Å²) >= 11 is 0. The van der Waals surface area contributed by atoms with Crippen molar-refractivity contribution in [2.24, 2.45) is 0 Å². The fraction of sp³-hybridized carbons (Fsp3) is 0.400. The van der Waals surface area contributed by atoms with Gasteiger partial charge in [0.2, 0.25) is 5.76 Å². The highest BCUT2D eigenvalue weighted by molar-refractivity contribution is 5.94. The SMILES string of the molecule is CCOC(=O)c1cc2cc(C(C)C)cc(C(F)(F)F)c2o1. The molecule has 0 bridgehead atoms. The number of hydrogen-bond acceptors (Lipinski definition) is 3. The van der Waals surface area contributed by atoms with Gasteiger partial charge in [0.25, 0.3) is 0 Å². The molecular formula is C15H15F3O3. The summed E-state index contributed by atoms with van der Waals surface area (Å²) in [6.07, 6.45) is -4.55. The lowest BCUT2D eigenvalue weighted by molar-refractivity contribution is -0.136. The molecule has 0 aliphatic heterocycles. The third kappa shape index (κ3) is 3.04. The largest absolute Gasteiger partial charge is 0.460 e. The maximum absolute atomic E-state index is 13.1. The van der Waals surface area contributed by atoms with Crippen LogP contribution in [0.15, 0.2) is 22.6 Å². The number of alkyl halides is 3. The van der Waals surface area contributed by atoms with Crippen LogP contribution < -0.4 is 0 Å². The molecule has 1 heterocycles. The molecule has 3 nitrogen and oxygen atoms in total. The van der Waals surface area contributed by atoms with Crippen molar-refractivity contribution < 1.29 is 27.1 Å². The van der Waals surface area contributed by atoms with E-state index in [1.54, 1.807) is 26.8 Å². The van der Waals surface area contributed by atoms with E-state index in [1.807, 2.05) is 0 Å². The lowest BCUT2D eigenvalue weighted by Gasteiger charge is -2.11. The molecule has 6 heteroatoms. The fourth-order valence-electron chi connectivity index (χ4n) is 2.02. The van der Waals surface area contributed by atoms with Gasteiger partial charge in [-0.3, -0.25) is 0 Å². The molecule has 114 valence electrons. The third-order valence-electron chi connectivity index (χ3n) is 3.09. The van der Waals surface area contributed by atoms with Gasteiger partial charge in [0.1, 0.15) is 5.58 Å². The van der Waals surface area contributed by atoms with Gasteiger partial charge >= 0.3 is 12.1 Å². The lowest BCUT2D eigenvalue weighted by Crippen LogP contribution is -2.06. The minimum absolute atomic E-state index is 0.0727. The zero-order valence-corrected chi connectivity index (χ0v) is 11.9. The third-order valence-corrected chi connectivity index (χ3v) is 3.09. The van der Waals surface area contributed by atoms with E-state index in [4.69, 9.17) is 9.15 Å². The van der Waals surface area contributed by atoms with E-state index in [0.29, 0.717) is 5.56 Å². The van der Waals surface area contributed by atoms with Crippen LogP contribution in [0.2, 0.25) is 0 Å². The Morgan fingerprint density at radius 2 is 1.95 bits per heavy atom. The second kappa shape index (κ2) is 5.42. The first kappa shape index (κ1) is 15.4. The Morgan fingerprint density at radius 3 is 2.48 bits per heavy atom. The van der Waals surface area contributed by atoms with Gasteiger partial charge in [0.05, 0.1) is 12.2 Å². The van der Waals surface area contributed by atoms with Crippen molar-refractivity contribution in [3.05, 3.63) is 35.1 Å². The van der Waals surface area contributed by atoms with Crippen molar-refractivity contribution in [2.45, 2.75) is 32.9 Å². The lowest BCUT2D eigenvalue weighted by atomic mass is 9.98. The second-order valence-corrected chi connectivity index (χ2v) is 4.97. The first-order chi connectivity index (χ1) is 9.74. The number of furan rings is 1. The Labute approximate surface area is 119 Å². The van der Waals surface area contributed by atoms with E-state index in [1.165, 1.54) is 6.07 Å². The first-order valence-electron chi connectivity index (χ1n) is 6.55. The molecule has 2 rings (SSSR count). The number of ether oxygens (including phenoxy) is 1. The number of benzene rings is 1. The molecule has 0 atom stereocenters. The number of esters is 1. The molecule has 21 heavy (non-hydrogen) atoms. The number of rotatable bonds is 3. The smallest absolute Gasteiger partial charge is 0.420 e. The molecule has 0 aliphatic rings. The van der Waals surface area contributed by atoms with E-state index in [0.717, 1.165) is 6.07 Å². The molecule has 0 saturated carbocycles. The highest BCUT2D eigenvalue weighted by Gasteiger charge is 2.35. The van der Waals surface area contributed by atoms with Crippen molar-refractivity contribution in [2.75, 3.05) is 6.61 Å². The molecule has 1 aromatic carbocycles. The van der Waals surface area contributed by atoms with Gasteiger partial charge in [0, 0.05) is 5.39 Å². The summed E-state index contributed by atoms with van der Waals surface area (Å²) in [5.74, 6) is -1.07. The molecule has 0 saturated heterocycles. The van der Waals surface area contributed by atoms with E-state index in [9.17, 15) is 18.0 Å². The zero-order valence-electron chi connectivity index (χ0n) is 11.9. The quantitative estimate of drug-likeness (QED) is 0.768. The Balaban J connectivity index is 2.66. The van der Waals surface area contributed by atoms with E-state index in [-0.39, 0.29) is 29.3 Å². The summed E-state index contributed by atoms with van der Waals surface area (Å²) in [5, 5.41) is 0.247. The molecule has 0 radical (unpaired) electrons. The highest BCUT2D eigenvalue weighted by atomic mass is 19.4. The molecule has 0 aliphatic carbocycles. The Morgan fingerprint density at radius 1 is 1.29 bits per heavy atom. The predicted octanol–water partition coefficient (Wildman–Crippen LogP) is 4.75. The summed E-state index contributed by atoms with van der Waals surface area (Å²) < 4.78 is 49.3. The molecule has 0 fully saturated rings. The van der Waals surface area contributed by atoms with Crippen LogP contribution in [0.25, 0.3) is 11.0 Å². The summed E-state index contributed by atoms with van der Waals surface area (Å²) in [4.78, 5) is 11.6. The van der Waals surface area contributed by atoms with Gasteiger partial charge in [-0.2, -0.15) is 13.2 Å². The molecule has 0 amide bonds. The first-order valence-corrected chi connectivity index (χ1v) is 6.55. The average Bonchev–Trinajstić information content (AvgIpc) is 2.80. The number of hydrogen-bond donors (Lipinski definition) is 0. The van der Waals surface area contributed by atoms with Crippen LogP contribution in [0.3, 0.4) is 0 Å². The van der Waals surface area contributed by atoms with Gasteiger partial charge in [0.15, 0.2) is 0 Å². The number of halogens is 3. The van der Waals surface area contributed by atoms with Crippen LogP contribution in [0, 0.1) is 0 Å². The van der Waals surface area contributed by atoms with Crippen LogP contribution in [0.5, 0.6) is 0 Å². The maximum Gasteiger partial charge on any atom is 0.420 e. The zero-order chi connectivity index (χ0) is 15.8. The maximum atomic E-state index is 13.1. The van der Waals surface area contributed by atoms with Crippen molar-refractivity contribution in [1.29, 1.82) is 0 Å². The number of carbonyl (C=O) groups excluding carboxylic acids is 1. The number of carbonyl (C=O) groups is 1. The standard InChI is InChI=1S/C15H15F3O3/c1-4-20-14(19)12-7-10-5-9(8(2)3)6-11(13(10)21-12)15(16,17)18/h5-8H,4H2,1-3H3. The molecule has 1 aromatic heterocycles. The summed E-state index contributed by atoms with van der Waals surface area (Å²) in [6, 6.07) is 3.95. The van der Waals surface area contributed by atoms with Gasteiger partial charge < -0.3 is 9.15 Å². The normalized spacial score (nSPS) is 12.1. The minimum atomic E-state index is -4.55. The number of fused-ring (bicyclic) bond motifs is 1. The minimum Gasteiger partial charge on any atom is -0.460 e. The van der Waals surface area contributed by atoms with Gasteiger partial charge in [-0.05, 0) is 36.6 Å². The monoisotopic (exact) mass is 300 g/mol. The van der Waals surface area contributed by atoms with Crippen LogP contribution >= 0.6 is 0 Å². The van der Waals surface area contributed by atoms with Crippen molar-refractivity contribution in [3.8, 4) is 0 Å². The van der Waals surface area contributed by atoms with Crippen molar-refractivity contribution >= 4 is 16.9 Å². The summed E-state index contributed by atoms with van der Waals surface area (Å²) in [6.45, 7) is 5.33. The molecule has 0 N–H and O–H groups in total.